The molecular weight excluding hydrogens is 196 g/mol. The summed E-state index contributed by atoms with van der Waals surface area (Å²) < 4.78 is 0. The van der Waals surface area contributed by atoms with Crippen molar-refractivity contribution < 1.29 is 14.7 Å². The summed E-state index contributed by atoms with van der Waals surface area (Å²) in [6, 6.07) is -0.954. The molecule has 0 aliphatic rings. The van der Waals surface area contributed by atoms with E-state index in [2.05, 4.69) is 5.32 Å². The maximum atomic E-state index is 11.3. The molecule has 0 radical (unpaired) electrons. The van der Waals surface area contributed by atoms with Crippen LogP contribution in [0.5, 0.6) is 0 Å². The van der Waals surface area contributed by atoms with Gasteiger partial charge >= 0.3 is 5.97 Å². The molecule has 0 saturated carbocycles. The van der Waals surface area contributed by atoms with E-state index in [1.807, 2.05) is 0 Å². The van der Waals surface area contributed by atoms with E-state index in [0.717, 1.165) is 0 Å². The molecule has 0 aliphatic carbocycles. The van der Waals surface area contributed by atoms with Crippen LogP contribution in [0.4, 0.5) is 0 Å². The van der Waals surface area contributed by atoms with Crippen LogP contribution in [0.1, 0.15) is 27.2 Å². The Morgan fingerprint density at radius 2 is 1.93 bits per heavy atom. The third-order valence-corrected chi connectivity index (χ3v) is 2.63. The summed E-state index contributed by atoms with van der Waals surface area (Å²) >= 11 is 0. The Hall–Kier alpha value is -1.10. The molecule has 1 amide bonds. The smallest absolute Gasteiger partial charge is 0.321 e. The quantitative estimate of drug-likeness (QED) is 0.612. The lowest BCUT2D eigenvalue weighted by Gasteiger charge is -2.30. The highest BCUT2D eigenvalue weighted by Gasteiger charge is 2.34. The van der Waals surface area contributed by atoms with Crippen LogP contribution in [0.15, 0.2) is 0 Å². The molecule has 5 nitrogen and oxygen atoms in total. The Balaban J connectivity index is 4.49. The number of carboxylic acids is 1. The van der Waals surface area contributed by atoms with Crippen LogP contribution in [0.2, 0.25) is 0 Å². The van der Waals surface area contributed by atoms with Gasteiger partial charge in [-0.1, -0.05) is 20.8 Å². The van der Waals surface area contributed by atoms with Gasteiger partial charge in [0, 0.05) is 13.0 Å². The molecule has 0 heterocycles. The van der Waals surface area contributed by atoms with Crippen molar-refractivity contribution >= 4 is 11.9 Å². The lowest BCUT2D eigenvalue weighted by Crippen LogP contribution is -2.45. The second-order valence-electron chi connectivity index (χ2n) is 4.52. The molecule has 0 fully saturated rings. The predicted molar refractivity (Wildman–Crippen MR) is 57.2 cm³/mol. The van der Waals surface area contributed by atoms with Gasteiger partial charge in [0.2, 0.25) is 5.91 Å². The molecule has 5 heteroatoms. The van der Waals surface area contributed by atoms with Gasteiger partial charge in [-0.05, 0) is 11.8 Å². The molecule has 0 aromatic rings. The molecule has 15 heavy (non-hydrogen) atoms. The molecule has 2 unspecified atom stereocenters. The number of carbonyl (C=O) groups excluding carboxylic acids is 1. The highest BCUT2D eigenvalue weighted by molar-refractivity contribution is 5.78. The van der Waals surface area contributed by atoms with Crippen LogP contribution in [0, 0.1) is 11.3 Å². The first-order chi connectivity index (χ1) is 6.72. The van der Waals surface area contributed by atoms with Gasteiger partial charge in [-0.25, -0.2) is 0 Å². The van der Waals surface area contributed by atoms with Gasteiger partial charge < -0.3 is 16.2 Å². The van der Waals surface area contributed by atoms with E-state index in [1.54, 1.807) is 27.8 Å². The van der Waals surface area contributed by atoms with E-state index in [4.69, 9.17) is 10.8 Å². The Bertz CT molecular complexity index is 251. The lowest BCUT2D eigenvalue weighted by atomic mass is 9.77. The van der Waals surface area contributed by atoms with E-state index in [9.17, 15) is 9.59 Å². The van der Waals surface area contributed by atoms with Crippen molar-refractivity contribution in [2.24, 2.45) is 17.1 Å². The van der Waals surface area contributed by atoms with Crippen molar-refractivity contribution in [1.82, 2.24) is 5.32 Å². The van der Waals surface area contributed by atoms with E-state index in [0.29, 0.717) is 6.42 Å². The normalized spacial score (nSPS) is 15.5. The van der Waals surface area contributed by atoms with Crippen molar-refractivity contribution in [1.29, 1.82) is 0 Å². The number of nitrogens with one attached hydrogen (secondary N) is 1. The molecule has 0 saturated heterocycles. The molecule has 4 N–H and O–H groups in total. The maximum Gasteiger partial charge on any atom is 0.321 e. The summed E-state index contributed by atoms with van der Waals surface area (Å²) in [5, 5.41) is 11.3. The van der Waals surface area contributed by atoms with Crippen molar-refractivity contribution in [2.75, 3.05) is 7.05 Å². The summed E-state index contributed by atoms with van der Waals surface area (Å²) in [6.07, 6.45) is 0.445. The van der Waals surface area contributed by atoms with Crippen molar-refractivity contribution in [3.63, 3.8) is 0 Å². The minimum atomic E-state index is -1.04. The SMILES string of the molecule is CNC(=O)C(C)CC(C)(C)C(N)C(=O)O. The molecule has 2 atom stereocenters. The highest BCUT2D eigenvalue weighted by Crippen LogP contribution is 2.28. The van der Waals surface area contributed by atoms with Crippen molar-refractivity contribution in [3.8, 4) is 0 Å². The van der Waals surface area contributed by atoms with Crippen LogP contribution in [-0.2, 0) is 9.59 Å². The molecule has 0 rings (SSSR count). The Labute approximate surface area is 90.0 Å². The molecule has 0 spiro atoms. The first-order valence-electron chi connectivity index (χ1n) is 4.92. The minimum absolute atomic E-state index is 0.0966. The minimum Gasteiger partial charge on any atom is -0.480 e. The fraction of sp³-hybridized carbons (Fsp3) is 0.800. The Morgan fingerprint density at radius 1 is 1.47 bits per heavy atom. The summed E-state index contributed by atoms with van der Waals surface area (Å²) in [7, 11) is 1.56. The number of amides is 1. The van der Waals surface area contributed by atoms with E-state index in [-0.39, 0.29) is 11.8 Å². The fourth-order valence-corrected chi connectivity index (χ4v) is 1.59. The zero-order chi connectivity index (χ0) is 12.2. The van der Waals surface area contributed by atoms with Gasteiger partial charge in [0.1, 0.15) is 6.04 Å². The zero-order valence-electron chi connectivity index (χ0n) is 9.70. The fourth-order valence-electron chi connectivity index (χ4n) is 1.59. The average molecular weight is 216 g/mol. The van der Waals surface area contributed by atoms with Crippen LogP contribution < -0.4 is 11.1 Å². The topological polar surface area (TPSA) is 92.4 Å². The molecule has 0 aromatic heterocycles. The number of carboxylic acid groups (broad SMARTS) is 1. The molecule has 0 aromatic carbocycles. The van der Waals surface area contributed by atoms with Gasteiger partial charge in [-0.15, -0.1) is 0 Å². The van der Waals surface area contributed by atoms with Gasteiger partial charge in [0.15, 0.2) is 0 Å². The number of nitrogens with two attached hydrogens (primary N) is 1. The first kappa shape index (κ1) is 13.9. The number of carbonyl (C=O) groups is 2. The van der Waals surface area contributed by atoms with Crippen molar-refractivity contribution in [3.05, 3.63) is 0 Å². The monoisotopic (exact) mass is 216 g/mol. The van der Waals surface area contributed by atoms with E-state index < -0.39 is 17.4 Å². The first-order valence-corrected chi connectivity index (χ1v) is 4.92. The summed E-state index contributed by atoms with van der Waals surface area (Å²) in [6.45, 7) is 5.27. The standard InChI is InChI=1S/C10H20N2O3/c1-6(8(13)12-4)5-10(2,3)7(11)9(14)15/h6-7H,5,11H2,1-4H3,(H,12,13)(H,14,15). The largest absolute Gasteiger partial charge is 0.480 e. The van der Waals surface area contributed by atoms with Gasteiger partial charge in [-0.2, -0.15) is 0 Å². The molecular formula is C10H20N2O3. The highest BCUT2D eigenvalue weighted by atomic mass is 16.4. The number of rotatable bonds is 5. The summed E-state index contributed by atoms with van der Waals surface area (Å²) in [5.74, 6) is -1.37. The summed E-state index contributed by atoms with van der Waals surface area (Å²) in [5.41, 5.74) is 4.95. The van der Waals surface area contributed by atoms with Gasteiger partial charge in [0.05, 0.1) is 0 Å². The van der Waals surface area contributed by atoms with Gasteiger partial charge in [-0.3, -0.25) is 9.59 Å². The van der Waals surface area contributed by atoms with Crippen LogP contribution in [-0.4, -0.2) is 30.1 Å². The molecule has 0 aliphatic heterocycles. The Kier molecular flexibility index (Phi) is 4.74. The van der Waals surface area contributed by atoms with E-state index in [1.165, 1.54) is 0 Å². The van der Waals surface area contributed by atoms with Crippen LogP contribution in [0.25, 0.3) is 0 Å². The zero-order valence-corrected chi connectivity index (χ0v) is 9.70. The number of aliphatic carboxylic acids is 1. The average Bonchev–Trinajstić information content (AvgIpc) is 2.14. The second kappa shape index (κ2) is 5.11. The molecule has 0 bridgehead atoms. The third kappa shape index (κ3) is 3.87. The maximum absolute atomic E-state index is 11.3. The summed E-state index contributed by atoms with van der Waals surface area (Å²) in [4.78, 5) is 22.0. The van der Waals surface area contributed by atoms with Gasteiger partial charge in [0.25, 0.3) is 0 Å². The number of hydrogen-bond donors (Lipinski definition) is 3. The molecule has 88 valence electrons. The van der Waals surface area contributed by atoms with Crippen LogP contribution in [0.3, 0.4) is 0 Å². The predicted octanol–water partition coefficient (Wildman–Crippen LogP) is 0.197. The Morgan fingerprint density at radius 3 is 2.27 bits per heavy atom. The van der Waals surface area contributed by atoms with Crippen LogP contribution >= 0.6 is 0 Å². The lowest BCUT2D eigenvalue weighted by molar-refractivity contribution is -0.142. The number of hydrogen-bond acceptors (Lipinski definition) is 3. The third-order valence-electron chi connectivity index (χ3n) is 2.63. The van der Waals surface area contributed by atoms with E-state index >= 15 is 0 Å². The second-order valence-corrected chi connectivity index (χ2v) is 4.52. The van der Waals surface area contributed by atoms with Crippen molar-refractivity contribution in [2.45, 2.75) is 33.2 Å².